The van der Waals surface area contributed by atoms with Crippen molar-refractivity contribution in [3.8, 4) is 5.75 Å². The molecule has 3 amide bonds. The molecule has 1 rings (SSSR count). The Hall–Kier alpha value is -2.04. The van der Waals surface area contributed by atoms with Gasteiger partial charge >= 0.3 is 6.03 Å². The van der Waals surface area contributed by atoms with E-state index in [4.69, 9.17) is 10.8 Å². The first-order valence-electron chi connectivity index (χ1n) is 3.49. The quantitative estimate of drug-likeness (QED) is 0.576. The van der Waals surface area contributed by atoms with E-state index in [-0.39, 0.29) is 11.3 Å². The molecule has 0 aliphatic carbocycles. The summed E-state index contributed by atoms with van der Waals surface area (Å²) in [6.07, 6.45) is 0. The topological polar surface area (TPSA) is 92.4 Å². The number of phenolic OH excluding ortho intramolecular Hbond substituents is 1. The number of primary amides is 1. The van der Waals surface area contributed by atoms with Crippen molar-refractivity contribution >= 4 is 11.9 Å². The lowest BCUT2D eigenvalue weighted by atomic mass is 10.2. The Morgan fingerprint density at radius 3 is 2.62 bits per heavy atom. The first-order valence-corrected chi connectivity index (χ1v) is 3.49. The Kier molecular flexibility index (Phi) is 2.49. The Balaban J connectivity index is 2.83. The minimum absolute atomic E-state index is 0.0443. The predicted octanol–water partition coefficient (Wildman–Crippen LogP) is 0.201. The maximum Gasteiger partial charge on any atom is 0.319 e. The lowest BCUT2D eigenvalue weighted by molar-refractivity contribution is 0.0966. The van der Waals surface area contributed by atoms with Gasteiger partial charge in [-0.25, -0.2) is 4.79 Å². The van der Waals surface area contributed by atoms with E-state index in [0.717, 1.165) is 0 Å². The minimum Gasteiger partial charge on any atom is -0.508 e. The summed E-state index contributed by atoms with van der Waals surface area (Å²) in [5, 5.41) is 10.9. The Morgan fingerprint density at radius 1 is 1.38 bits per heavy atom. The predicted molar refractivity (Wildman–Crippen MR) is 45.2 cm³/mol. The second-order valence-corrected chi connectivity index (χ2v) is 2.37. The Morgan fingerprint density at radius 2 is 2.08 bits per heavy atom. The number of amides is 3. The van der Waals surface area contributed by atoms with Crippen LogP contribution in [-0.2, 0) is 0 Å². The Labute approximate surface area is 74.2 Å². The monoisotopic (exact) mass is 180 g/mol. The van der Waals surface area contributed by atoms with E-state index in [0.29, 0.717) is 0 Å². The summed E-state index contributed by atoms with van der Waals surface area (Å²) in [6.45, 7) is 0. The number of rotatable bonds is 1. The summed E-state index contributed by atoms with van der Waals surface area (Å²) in [5.74, 6) is -0.680. The normalized spacial score (nSPS) is 9.23. The average Bonchev–Trinajstić information content (AvgIpc) is 2.03. The molecule has 0 unspecified atom stereocenters. The maximum absolute atomic E-state index is 11.1. The highest BCUT2D eigenvalue weighted by Crippen LogP contribution is 2.10. The van der Waals surface area contributed by atoms with Crippen molar-refractivity contribution in [3.05, 3.63) is 29.8 Å². The van der Waals surface area contributed by atoms with Crippen molar-refractivity contribution in [2.75, 3.05) is 0 Å². The van der Waals surface area contributed by atoms with Crippen LogP contribution in [0, 0.1) is 0 Å². The van der Waals surface area contributed by atoms with E-state index in [1.54, 1.807) is 0 Å². The molecule has 1 aromatic carbocycles. The number of imide groups is 1. The molecule has 4 N–H and O–H groups in total. The number of aromatic hydroxyl groups is 1. The lowest BCUT2D eigenvalue weighted by Gasteiger charge is -2.00. The third-order valence-electron chi connectivity index (χ3n) is 1.35. The number of carbonyl (C=O) groups excluding carboxylic acids is 2. The van der Waals surface area contributed by atoms with Crippen LogP contribution in [0.3, 0.4) is 0 Å². The molecule has 0 radical (unpaired) electrons. The highest BCUT2D eigenvalue weighted by Gasteiger charge is 2.07. The fourth-order valence-electron chi connectivity index (χ4n) is 0.831. The number of benzene rings is 1. The molecule has 5 nitrogen and oxygen atoms in total. The van der Waals surface area contributed by atoms with Gasteiger partial charge in [0.1, 0.15) is 5.75 Å². The van der Waals surface area contributed by atoms with Crippen LogP contribution in [0.25, 0.3) is 0 Å². The Bertz CT molecular complexity index is 349. The molecule has 0 aliphatic heterocycles. The van der Waals surface area contributed by atoms with Crippen molar-refractivity contribution in [3.63, 3.8) is 0 Å². The van der Waals surface area contributed by atoms with E-state index in [2.05, 4.69) is 0 Å². The highest BCUT2D eigenvalue weighted by atomic mass is 16.3. The zero-order chi connectivity index (χ0) is 9.84. The number of hydrogen-bond acceptors (Lipinski definition) is 3. The lowest BCUT2D eigenvalue weighted by Crippen LogP contribution is -2.34. The molecular formula is C8H8N2O3. The number of phenols is 1. The largest absolute Gasteiger partial charge is 0.508 e. The summed E-state index contributed by atoms with van der Waals surface area (Å²) in [5.41, 5.74) is 4.91. The average molecular weight is 180 g/mol. The van der Waals surface area contributed by atoms with Gasteiger partial charge in [-0.05, 0) is 18.2 Å². The molecule has 0 heterocycles. The van der Waals surface area contributed by atoms with Crippen LogP contribution < -0.4 is 11.1 Å². The van der Waals surface area contributed by atoms with Crippen LogP contribution in [0.1, 0.15) is 10.4 Å². The fraction of sp³-hybridized carbons (Fsp3) is 0. The van der Waals surface area contributed by atoms with Gasteiger partial charge in [-0.1, -0.05) is 6.07 Å². The maximum atomic E-state index is 11.1. The number of nitrogens with two attached hydrogens (primary N) is 1. The van der Waals surface area contributed by atoms with Gasteiger partial charge in [0.15, 0.2) is 0 Å². The molecule has 0 atom stereocenters. The van der Waals surface area contributed by atoms with Gasteiger partial charge in [-0.2, -0.15) is 0 Å². The van der Waals surface area contributed by atoms with Crippen molar-refractivity contribution < 1.29 is 14.7 Å². The van der Waals surface area contributed by atoms with Gasteiger partial charge in [0.2, 0.25) is 0 Å². The van der Waals surface area contributed by atoms with Crippen LogP contribution in [0.5, 0.6) is 5.75 Å². The second kappa shape index (κ2) is 3.57. The molecule has 1 aromatic rings. The summed E-state index contributed by atoms with van der Waals surface area (Å²) >= 11 is 0. The molecule has 0 aromatic heterocycles. The van der Waals surface area contributed by atoms with Gasteiger partial charge in [0, 0.05) is 5.56 Å². The highest BCUT2D eigenvalue weighted by molar-refractivity contribution is 6.03. The smallest absolute Gasteiger partial charge is 0.319 e. The van der Waals surface area contributed by atoms with Gasteiger partial charge in [-0.3, -0.25) is 10.1 Å². The third kappa shape index (κ3) is 2.48. The first kappa shape index (κ1) is 9.05. The van der Waals surface area contributed by atoms with Crippen molar-refractivity contribution in [1.82, 2.24) is 5.32 Å². The summed E-state index contributed by atoms with van der Waals surface area (Å²) in [6, 6.07) is 4.68. The zero-order valence-corrected chi connectivity index (χ0v) is 6.65. The van der Waals surface area contributed by atoms with Crippen molar-refractivity contribution in [1.29, 1.82) is 0 Å². The van der Waals surface area contributed by atoms with Crippen molar-refractivity contribution in [2.45, 2.75) is 0 Å². The van der Waals surface area contributed by atoms with E-state index in [1.807, 2.05) is 5.32 Å². The van der Waals surface area contributed by atoms with Crippen molar-refractivity contribution in [2.24, 2.45) is 5.73 Å². The summed E-state index contributed by atoms with van der Waals surface area (Å²) < 4.78 is 0. The SMILES string of the molecule is NC(=O)NC(=O)c1cccc(O)c1. The van der Waals surface area contributed by atoms with Crippen LogP contribution in [0.15, 0.2) is 24.3 Å². The van der Waals surface area contributed by atoms with Crippen LogP contribution >= 0.6 is 0 Å². The third-order valence-corrected chi connectivity index (χ3v) is 1.35. The summed E-state index contributed by atoms with van der Waals surface area (Å²) in [4.78, 5) is 21.4. The molecule has 0 bridgehead atoms. The van der Waals surface area contributed by atoms with E-state index < -0.39 is 11.9 Å². The molecule has 0 spiro atoms. The number of hydrogen-bond donors (Lipinski definition) is 3. The zero-order valence-electron chi connectivity index (χ0n) is 6.65. The van der Waals surface area contributed by atoms with Gasteiger partial charge in [0.05, 0.1) is 0 Å². The second-order valence-electron chi connectivity index (χ2n) is 2.37. The number of carbonyl (C=O) groups is 2. The summed E-state index contributed by atoms with van der Waals surface area (Å²) in [7, 11) is 0. The van der Waals surface area contributed by atoms with E-state index in [1.165, 1.54) is 24.3 Å². The van der Waals surface area contributed by atoms with Gasteiger partial charge in [-0.15, -0.1) is 0 Å². The molecule has 68 valence electrons. The van der Waals surface area contributed by atoms with Crippen LogP contribution in [-0.4, -0.2) is 17.0 Å². The number of urea groups is 1. The molecule has 13 heavy (non-hydrogen) atoms. The standard InChI is InChI=1S/C8H8N2O3/c9-8(13)10-7(12)5-2-1-3-6(11)4-5/h1-4,11H,(H3,9,10,12,13). The van der Waals surface area contributed by atoms with Crippen LogP contribution in [0.4, 0.5) is 4.79 Å². The molecule has 0 aliphatic rings. The molecule has 0 saturated carbocycles. The number of nitrogens with one attached hydrogen (secondary N) is 1. The van der Waals surface area contributed by atoms with Crippen LogP contribution in [0.2, 0.25) is 0 Å². The molecule has 5 heteroatoms. The molecule has 0 saturated heterocycles. The minimum atomic E-state index is -0.923. The molecule has 0 fully saturated rings. The van der Waals surface area contributed by atoms with E-state index in [9.17, 15) is 9.59 Å². The van der Waals surface area contributed by atoms with E-state index >= 15 is 0 Å². The first-order chi connectivity index (χ1) is 6.09. The fourth-order valence-corrected chi connectivity index (χ4v) is 0.831. The van der Waals surface area contributed by atoms with Gasteiger partial charge in [0.25, 0.3) is 5.91 Å². The molecular weight excluding hydrogens is 172 g/mol. The van der Waals surface area contributed by atoms with Gasteiger partial charge < -0.3 is 10.8 Å².